The Morgan fingerprint density at radius 1 is 1.56 bits per heavy atom. The van der Waals surface area contributed by atoms with Crippen LogP contribution in [0.15, 0.2) is 24.3 Å². The van der Waals surface area contributed by atoms with Crippen LogP contribution in [0.1, 0.15) is 30.4 Å². The van der Waals surface area contributed by atoms with Gasteiger partial charge in [0.15, 0.2) is 5.78 Å². The number of benzene rings is 1. The number of ketones is 1. The molecule has 3 atom stereocenters. The van der Waals surface area contributed by atoms with Gasteiger partial charge in [0, 0.05) is 6.61 Å². The summed E-state index contributed by atoms with van der Waals surface area (Å²) in [6.45, 7) is 4.57. The third kappa shape index (κ3) is 2.44. The molecular formula is C15H17NO2. The molecule has 1 saturated heterocycles. The van der Waals surface area contributed by atoms with E-state index in [1.807, 2.05) is 38.1 Å². The van der Waals surface area contributed by atoms with Gasteiger partial charge in [-0.2, -0.15) is 5.26 Å². The summed E-state index contributed by atoms with van der Waals surface area (Å²) in [5.41, 5.74) is 1.83. The SMILES string of the molecule is Cc1cccc(C(C#N)C(=O)C2OCCC2C)c1. The first-order valence-corrected chi connectivity index (χ1v) is 6.25. The fourth-order valence-electron chi connectivity index (χ4n) is 2.38. The average molecular weight is 243 g/mol. The lowest BCUT2D eigenvalue weighted by Gasteiger charge is -2.17. The molecule has 3 unspecified atom stereocenters. The first kappa shape index (κ1) is 12.8. The lowest BCUT2D eigenvalue weighted by Crippen LogP contribution is -2.29. The molecule has 0 amide bonds. The maximum Gasteiger partial charge on any atom is 0.183 e. The van der Waals surface area contributed by atoms with E-state index in [-0.39, 0.29) is 11.7 Å². The molecule has 1 aliphatic heterocycles. The van der Waals surface area contributed by atoms with E-state index in [1.54, 1.807) is 0 Å². The Balaban J connectivity index is 2.24. The third-order valence-corrected chi connectivity index (χ3v) is 3.46. The number of hydrogen-bond acceptors (Lipinski definition) is 3. The van der Waals surface area contributed by atoms with Gasteiger partial charge in [0.2, 0.25) is 0 Å². The molecule has 1 fully saturated rings. The van der Waals surface area contributed by atoms with Crippen LogP contribution in [0.3, 0.4) is 0 Å². The van der Waals surface area contributed by atoms with Gasteiger partial charge in [-0.1, -0.05) is 36.8 Å². The Morgan fingerprint density at radius 3 is 2.89 bits per heavy atom. The van der Waals surface area contributed by atoms with Crippen LogP contribution >= 0.6 is 0 Å². The minimum absolute atomic E-state index is 0.104. The third-order valence-electron chi connectivity index (χ3n) is 3.46. The van der Waals surface area contributed by atoms with Crippen molar-refractivity contribution in [2.75, 3.05) is 6.61 Å². The van der Waals surface area contributed by atoms with Crippen molar-refractivity contribution in [1.29, 1.82) is 5.26 Å². The zero-order valence-electron chi connectivity index (χ0n) is 10.7. The molecule has 0 aromatic heterocycles. The van der Waals surface area contributed by atoms with Crippen LogP contribution in [0.5, 0.6) is 0 Å². The summed E-state index contributed by atoms with van der Waals surface area (Å²) < 4.78 is 5.46. The largest absolute Gasteiger partial charge is 0.370 e. The van der Waals surface area contributed by atoms with Gasteiger partial charge in [0.25, 0.3) is 0 Å². The fourth-order valence-corrected chi connectivity index (χ4v) is 2.38. The lowest BCUT2D eigenvalue weighted by molar-refractivity contribution is -0.129. The zero-order valence-corrected chi connectivity index (χ0v) is 10.7. The normalized spacial score (nSPS) is 24.5. The van der Waals surface area contributed by atoms with Crippen LogP contribution in [0.2, 0.25) is 0 Å². The Kier molecular flexibility index (Phi) is 3.78. The maximum absolute atomic E-state index is 12.4. The van der Waals surface area contributed by atoms with Gasteiger partial charge in [0.1, 0.15) is 12.0 Å². The van der Waals surface area contributed by atoms with Crippen molar-refractivity contribution >= 4 is 5.78 Å². The molecule has 0 N–H and O–H groups in total. The van der Waals surface area contributed by atoms with E-state index in [4.69, 9.17) is 4.74 Å². The predicted molar refractivity (Wildman–Crippen MR) is 68.1 cm³/mol. The molecule has 0 bridgehead atoms. The Bertz CT molecular complexity index is 490. The highest BCUT2D eigenvalue weighted by Crippen LogP contribution is 2.27. The molecule has 1 aliphatic rings. The summed E-state index contributed by atoms with van der Waals surface area (Å²) in [6, 6.07) is 9.67. The van der Waals surface area contributed by atoms with Crippen LogP contribution in [0.25, 0.3) is 0 Å². The molecule has 1 aromatic rings. The number of ether oxygens (including phenoxy) is 1. The lowest BCUT2D eigenvalue weighted by atomic mass is 9.88. The van der Waals surface area contributed by atoms with Crippen molar-refractivity contribution < 1.29 is 9.53 Å². The minimum atomic E-state index is -0.713. The number of aryl methyl sites for hydroxylation is 1. The molecule has 0 saturated carbocycles. The van der Waals surface area contributed by atoms with Crippen molar-refractivity contribution in [1.82, 2.24) is 0 Å². The average Bonchev–Trinajstić information content (AvgIpc) is 2.76. The van der Waals surface area contributed by atoms with Gasteiger partial charge in [-0.25, -0.2) is 0 Å². The minimum Gasteiger partial charge on any atom is -0.370 e. The Labute approximate surface area is 107 Å². The monoisotopic (exact) mass is 243 g/mol. The van der Waals surface area contributed by atoms with E-state index in [0.717, 1.165) is 17.5 Å². The van der Waals surface area contributed by atoms with Crippen molar-refractivity contribution in [2.24, 2.45) is 5.92 Å². The number of rotatable bonds is 3. The van der Waals surface area contributed by atoms with Crippen molar-refractivity contribution in [2.45, 2.75) is 32.3 Å². The van der Waals surface area contributed by atoms with Crippen LogP contribution < -0.4 is 0 Å². The molecule has 0 aliphatic carbocycles. The number of hydrogen-bond donors (Lipinski definition) is 0. The van der Waals surface area contributed by atoms with Crippen molar-refractivity contribution in [3.8, 4) is 6.07 Å². The van der Waals surface area contributed by atoms with Gasteiger partial charge in [0.05, 0.1) is 6.07 Å². The summed E-state index contributed by atoms with van der Waals surface area (Å²) in [6.07, 6.45) is 0.470. The van der Waals surface area contributed by atoms with E-state index in [9.17, 15) is 10.1 Å². The summed E-state index contributed by atoms with van der Waals surface area (Å²) in [5.74, 6) is -0.610. The zero-order chi connectivity index (χ0) is 13.1. The molecule has 2 rings (SSSR count). The molecule has 0 radical (unpaired) electrons. The highest BCUT2D eigenvalue weighted by molar-refractivity contribution is 5.92. The molecule has 3 nitrogen and oxygen atoms in total. The van der Waals surface area contributed by atoms with E-state index in [0.29, 0.717) is 6.61 Å². The molecule has 18 heavy (non-hydrogen) atoms. The molecule has 1 heterocycles. The summed E-state index contributed by atoms with van der Waals surface area (Å²) in [7, 11) is 0. The van der Waals surface area contributed by atoms with E-state index >= 15 is 0 Å². The topological polar surface area (TPSA) is 50.1 Å². The summed E-state index contributed by atoms with van der Waals surface area (Å²) in [4.78, 5) is 12.4. The number of Topliss-reactive ketones (excluding diaryl/α,β-unsaturated/α-hetero) is 1. The maximum atomic E-state index is 12.4. The Hall–Kier alpha value is -1.66. The Morgan fingerprint density at radius 2 is 2.33 bits per heavy atom. The van der Waals surface area contributed by atoms with Crippen molar-refractivity contribution in [3.05, 3.63) is 35.4 Å². The van der Waals surface area contributed by atoms with E-state index in [2.05, 4.69) is 6.07 Å². The second-order valence-corrected chi connectivity index (χ2v) is 4.94. The molecule has 94 valence electrons. The smallest absolute Gasteiger partial charge is 0.183 e. The summed E-state index contributed by atoms with van der Waals surface area (Å²) >= 11 is 0. The highest BCUT2D eigenvalue weighted by Gasteiger charge is 2.36. The molecule has 3 heteroatoms. The standard InChI is InChI=1S/C15H17NO2/c1-10-4-3-5-12(8-10)13(9-16)14(17)15-11(2)6-7-18-15/h3-5,8,11,13,15H,6-7H2,1-2H3. The quantitative estimate of drug-likeness (QED) is 0.819. The molecule has 0 spiro atoms. The predicted octanol–water partition coefficient (Wildman–Crippen LogP) is 2.60. The van der Waals surface area contributed by atoms with Crippen LogP contribution in [-0.4, -0.2) is 18.5 Å². The van der Waals surface area contributed by atoms with Gasteiger partial charge >= 0.3 is 0 Å². The second-order valence-electron chi connectivity index (χ2n) is 4.94. The van der Waals surface area contributed by atoms with Crippen LogP contribution in [0, 0.1) is 24.2 Å². The fraction of sp³-hybridized carbons (Fsp3) is 0.467. The first-order chi connectivity index (χ1) is 8.63. The van der Waals surface area contributed by atoms with Crippen LogP contribution in [0.4, 0.5) is 0 Å². The van der Waals surface area contributed by atoms with Gasteiger partial charge in [-0.15, -0.1) is 0 Å². The summed E-state index contributed by atoms with van der Waals surface area (Å²) in [5, 5.41) is 9.26. The van der Waals surface area contributed by atoms with Crippen LogP contribution in [-0.2, 0) is 9.53 Å². The van der Waals surface area contributed by atoms with Gasteiger partial charge < -0.3 is 4.74 Å². The van der Waals surface area contributed by atoms with E-state index in [1.165, 1.54) is 0 Å². The highest BCUT2D eigenvalue weighted by atomic mass is 16.5. The second kappa shape index (κ2) is 5.32. The number of carbonyl (C=O) groups excluding carboxylic acids is 1. The number of nitriles is 1. The molecular weight excluding hydrogens is 226 g/mol. The number of nitrogens with zero attached hydrogens (tertiary/aromatic N) is 1. The number of carbonyl (C=O) groups is 1. The molecule has 1 aromatic carbocycles. The van der Waals surface area contributed by atoms with E-state index < -0.39 is 12.0 Å². The van der Waals surface area contributed by atoms with Gasteiger partial charge in [-0.05, 0) is 24.8 Å². The first-order valence-electron chi connectivity index (χ1n) is 6.25. The van der Waals surface area contributed by atoms with Gasteiger partial charge in [-0.3, -0.25) is 4.79 Å². The van der Waals surface area contributed by atoms with Crippen molar-refractivity contribution in [3.63, 3.8) is 0 Å².